The van der Waals surface area contributed by atoms with Crippen LogP contribution in [0.1, 0.15) is 51.5 Å². The lowest BCUT2D eigenvalue weighted by Gasteiger charge is -2.33. The molecule has 11 heteroatoms. The van der Waals surface area contributed by atoms with E-state index in [1.807, 2.05) is 12.1 Å². The average molecular weight is 642 g/mol. The minimum absolute atomic E-state index is 0.0363. The van der Waals surface area contributed by atoms with E-state index in [2.05, 4.69) is 5.32 Å². The highest BCUT2D eigenvalue weighted by Gasteiger charge is 2.34. The molecule has 0 heterocycles. The van der Waals surface area contributed by atoms with Crippen molar-refractivity contribution >= 4 is 39.1 Å². The number of nitrogens with one attached hydrogen (secondary N) is 1. The molecule has 0 saturated heterocycles. The standard InChI is InChI=1S/C33H40ClN3O6S/c1-4-43-31-13-9-8-12-30(31)37(44(40,41)29-20-16-26(34)17-21-29)23-32(38)36(22-25-14-18-28(42-3)19-15-25)24(2)33(39)35-27-10-6-5-7-11-27/h8-9,12-21,24,27H,4-7,10-11,22-23H2,1-3H3,(H,35,39)/t24-/m0/s1. The average Bonchev–Trinajstić information content (AvgIpc) is 3.03. The van der Waals surface area contributed by atoms with Crippen LogP contribution in [0.3, 0.4) is 0 Å². The number of hydrogen-bond acceptors (Lipinski definition) is 6. The van der Waals surface area contributed by atoms with Crippen LogP contribution in [0.25, 0.3) is 0 Å². The van der Waals surface area contributed by atoms with Crippen molar-refractivity contribution in [1.82, 2.24) is 10.2 Å². The first-order valence-corrected chi connectivity index (χ1v) is 16.7. The lowest BCUT2D eigenvalue weighted by molar-refractivity contribution is -0.139. The largest absolute Gasteiger partial charge is 0.497 e. The summed E-state index contributed by atoms with van der Waals surface area (Å²) in [5.74, 6) is 0.143. The first-order valence-electron chi connectivity index (χ1n) is 14.9. The summed E-state index contributed by atoms with van der Waals surface area (Å²) >= 11 is 6.05. The Labute approximate surface area is 265 Å². The van der Waals surface area contributed by atoms with E-state index in [-0.39, 0.29) is 29.1 Å². The Kier molecular flexibility index (Phi) is 11.5. The highest BCUT2D eigenvalue weighted by molar-refractivity contribution is 7.92. The first kappa shape index (κ1) is 33.1. The lowest BCUT2D eigenvalue weighted by atomic mass is 9.95. The molecular weight excluding hydrogens is 602 g/mol. The van der Waals surface area contributed by atoms with Crippen molar-refractivity contribution in [1.29, 1.82) is 0 Å². The zero-order valence-electron chi connectivity index (χ0n) is 25.4. The van der Waals surface area contributed by atoms with Crippen LogP contribution in [0.4, 0.5) is 5.69 Å². The monoisotopic (exact) mass is 641 g/mol. The van der Waals surface area contributed by atoms with Gasteiger partial charge < -0.3 is 19.7 Å². The molecule has 1 aliphatic rings. The molecule has 0 aromatic heterocycles. The molecule has 0 radical (unpaired) electrons. The Morgan fingerprint density at radius 3 is 2.27 bits per heavy atom. The van der Waals surface area contributed by atoms with Crippen molar-refractivity contribution in [2.24, 2.45) is 0 Å². The number of benzene rings is 3. The van der Waals surface area contributed by atoms with Crippen molar-refractivity contribution in [3.63, 3.8) is 0 Å². The summed E-state index contributed by atoms with van der Waals surface area (Å²) in [6, 6.07) is 18.8. The Morgan fingerprint density at radius 1 is 0.977 bits per heavy atom. The third-order valence-corrected chi connectivity index (χ3v) is 9.77. The summed E-state index contributed by atoms with van der Waals surface area (Å²) < 4.78 is 40.3. The molecule has 0 aliphatic heterocycles. The van der Waals surface area contributed by atoms with E-state index < -0.39 is 28.5 Å². The van der Waals surface area contributed by atoms with Gasteiger partial charge in [-0.25, -0.2) is 8.42 Å². The molecule has 0 spiro atoms. The molecule has 1 saturated carbocycles. The van der Waals surface area contributed by atoms with E-state index in [0.717, 1.165) is 42.0 Å². The second kappa shape index (κ2) is 15.3. The van der Waals surface area contributed by atoms with Gasteiger partial charge in [0, 0.05) is 17.6 Å². The van der Waals surface area contributed by atoms with Gasteiger partial charge in [-0.3, -0.25) is 13.9 Å². The third kappa shape index (κ3) is 8.24. The Balaban J connectivity index is 1.71. The fraction of sp³-hybridized carbons (Fsp3) is 0.394. The maximum Gasteiger partial charge on any atom is 0.264 e. The van der Waals surface area contributed by atoms with E-state index >= 15 is 0 Å². The Hall–Kier alpha value is -3.76. The van der Waals surface area contributed by atoms with Gasteiger partial charge in [-0.05, 0) is 80.8 Å². The SMILES string of the molecule is CCOc1ccccc1N(CC(=O)N(Cc1ccc(OC)cc1)[C@@H](C)C(=O)NC1CCCCC1)S(=O)(=O)c1ccc(Cl)cc1. The summed E-state index contributed by atoms with van der Waals surface area (Å²) in [6.07, 6.45) is 5.03. The molecule has 2 amide bonds. The van der Waals surface area contributed by atoms with Crippen LogP contribution in [0.15, 0.2) is 77.7 Å². The van der Waals surface area contributed by atoms with E-state index in [9.17, 15) is 18.0 Å². The maximum atomic E-state index is 14.2. The van der Waals surface area contributed by atoms with E-state index in [1.165, 1.54) is 29.2 Å². The molecule has 9 nitrogen and oxygen atoms in total. The van der Waals surface area contributed by atoms with Gasteiger partial charge in [0.15, 0.2) is 0 Å². The molecule has 44 heavy (non-hydrogen) atoms. The van der Waals surface area contributed by atoms with Gasteiger partial charge in [0.2, 0.25) is 11.8 Å². The Bertz CT molecular complexity index is 1510. The molecule has 3 aromatic carbocycles. The third-order valence-electron chi connectivity index (χ3n) is 7.75. The van der Waals surface area contributed by atoms with Crippen molar-refractivity contribution < 1.29 is 27.5 Å². The van der Waals surface area contributed by atoms with E-state index in [1.54, 1.807) is 57.4 Å². The van der Waals surface area contributed by atoms with Gasteiger partial charge in [-0.15, -0.1) is 0 Å². The molecule has 4 rings (SSSR count). The number of anilines is 1. The zero-order valence-corrected chi connectivity index (χ0v) is 26.9. The van der Waals surface area contributed by atoms with E-state index in [0.29, 0.717) is 23.1 Å². The highest BCUT2D eigenvalue weighted by atomic mass is 35.5. The van der Waals surface area contributed by atoms with Crippen molar-refractivity contribution in [3.8, 4) is 11.5 Å². The number of rotatable bonds is 13. The van der Waals surface area contributed by atoms with Crippen LogP contribution in [-0.4, -0.2) is 57.5 Å². The maximum absolute atomic E-state index is 14.2. The van der Waals surface area contributed by atoms with Gasteiger partial charge >= 0.3 is 0 Å². The summed E-state index contributed by atoms with van der Waals surface area (Å²) in [7, 11) is -2.69. The summed E-state index contributed by atoms with van der Waals surface area (Å²) in [4.78, 5) is 29.1. The zero-order chi connectivity index (χ0) is 31.7. The molecule has 1 fully saturated rings. The van der Waals surface area contributed by atoms with Gasteiger partial charge in [0.1, 0.15) is 24.1 Å². The molecule has 1 atom stereocenters. The first-order chi connectivity index (χ1) is 21.1. The lowest BCUT2D eigenvalue weighted by Crippen LogP contribution is -2.53. The second-order valence-corrected chi connectivity index (χ2v) is 13.1. The quantitative estimate of drug-likeness (QED) is 0.253. The molecule has 1 aliphatic carbocycles. The van der Waals surface area contributed by atoms with E-state index in [4.69, 9.17) is 21.1 Å². The predicted molar refractivity (Wildman–Crippen MR) is 172 cm³/mol. The van der Waals surface area contributed by atoms with Gasteiger partial charge in [0.05, 0.1) is 24.3 Å². The number of halogens is 1. The number of carbonyl (C=O) groups excluding carboxylic acids is 2. The minimum atomic E-state index is -4.26. The number of nitrogens with zero attached hydrogens (tertiary/aromatic N) is 2. The fourth-order valence-corrected chi connectivity index (χ4v) is 6.82. The van der Waals surface area contributed by atoms with Crippen molar-refractivity contribution in [2.75, 3.05) is 24.6 Å². The predicted octanol–water partition coefficient (Wildman–Crippen LogP) is 5.81. The number of para-hydroxylation sites is 2. The fourth-order valence-electron chi connectivity index (χ4n) is 5.27. The van der Waals surface area contributed by atoms with Crippen LogP contribution >= 0.6 is 11.6 Å². The second-order valence-electron chi connectivity index (χ2n) is 10.8. The number of hydrogen-bond donors (Lipinski definition) is 1. The molecule has 0 bridgehead atoms. The molecule has 236 valence electrons. The number of carbonyl (C=O) groups is 2. The van der Waals surface area contributed by atoms with Crippen molar-refractivity contribution in [3.05, 3.63) is 83.4 Å². The summed E-state index contributed by atoms with van der Waals surface area (Å²) in [6.45, 7) is 3.28. The van der Waals surface area contributed by atoms with Crippen molar-refractivity contribution in [2.45, 2.75) is 69.5 Å². The molecule has 3 aromatic rings. The van der Waals surface area contributed by atoms with Gasteiger partial charge in [-0.2, -0.15) is 0 Å². The number of methoxy groups -OCH3 is 1. The molecule has 1 N–H and O–H groups in total. The van der Waals surface area contributed by atoms with Crippen LogP contribution in [0.2, 0.25) is 5.02 Å². The molecular formula is C33H40ClN3O6S. The number of sulfonamides is 1. The smallest absolute Gasteiger partial charge is 0.264 e. The number of ether oxygens (including phenoxy) is 2. The van der Waals surface area contributed by atoms with Crippen LogP contribution in [0.5, 0.6) is 11.5 Å². The van der Waals surface area contributed by atoms with Crippen LogP contribution in [-0.2, 0) is 26.2 Å². The van der Waals surface area contributed by atoms with Gasteiger partial charge in [0.25, 0.3) is 10.0 Å². The normalized spacial score (nSPS) is 14.4. The highest BCUT2D eigenvalue weighted by Crippen LogP contribution is 2.33. The summed E-state index contributed by atoms with van der Waals surface area (Å²) in [5, 5.41) is 3.49. The number of amides is 2. The van der Waals surface area contributed by atoms with Gasteiger partial charge in [-0.1, -0.05) is 55.1 Å². The van der Waals surface area contributed by atoms with Crippen LogP contribution < -0.4 is 19.1 Å². The molecule has 0 unspecified atom stereocenters. The topological polar surface area (TPSA) is 105 Å². The Morgan fingerprint density at radius 2 is 1.64 bits per heavy atom. The van der Waals surface area contributed by atoms with Crippen LogP contribution in [0, 0.1) is 0 Å². The minimum Gasteiger partial charge on any atom is -0.497 e. The summed E-state index contributed by atoms with van der Waals surface area (Å²) in [5.41, 5.74) is 0.972.